The minimum atomic E-state index is -0.376. The molecule has 5 nitrogen and oxygen atoms in total. The summed E-state index contributed by atoms with van der Waals surface area (Å²) >= 11 is 7.88. The molecule has 1 aliphatic carbocycles. The second-order valence-corrected chi connectivity index (χ2v) is 8.72. The lowest BCUT2D eigenvalue weighted by Crippen LogP contribution is -2.34. The number of hydrogen-bond acceptors (Lipinski definition) is 4. The Labute approximate surface area is 173 Å². The number of fused-ring (bicyclic) bond motifs is 1. The minimum Gasteiger partial charge on any atom is -0.465 e. The topological polar surface area (TPSA) is 58.6 Å². The molecule has 1 saturated heterocycles. The number of likely N-dealkylation sites (tertiary alicyclic amines) is 1. The van der Waals surface area contributed by atoms with Gasteiger partial charge in [0.2, 0.25) is 0 Å². The summed E-state index contributed by atoms with van der Waals surface area (Å²) in [6.07, 6.45) is 5.78. The first kappa shape index (κ1) is 19.3. The van der Waals surface area contributed by atoms with Gasteiger partial charge in [-0.3, -0.25) is 5.32 Å². The number of nitrogens with one attached hydrogen (secondary N) is 1. The Morgan fingerprint density at radius 1 is 1.21 bits per heavy atom. The number of urea groups is 1. The van der Waals surface area contributed by atoms with Crippen molar-refractivity contribution in [2.75, 3.05) is 19.0 Å². The molecule has 1 aromatic carbocycles. The second kappa shape index (κ2) is 8.13. The molecule has 7 heteroatoms. The van der Waals surface area contributed by atoms with Gasteiger partial charge in [-0.15, -0.1) is 11.3 Å². The lowest BCUT2D eigenvalue weighted by molar-refractivity contribution is 0.0601. The van der Waals surface area contributed by atoms with Crippen molar-refractivity contribution in [3.63, 3.8) is 0 Å². The number of anilines is 1. The third kappa shape index (κ3) is 3.51. The van der Waals surface area contributed by atoms with Crippen molar-refractivity contribution in [3.8, 4) is 0 Å². The van der Waals surface area contributed by atoms with Crippen LogP contribution in [0.5, 0.6) is 0 Å². The second-order valence-electron chi connectivity index (χ2n) is 7.21. The van der Waals surface area contributed by atoms with E-state index in [9.17, 15) is 9.59 Å². The van der Waals surface area contributed by atoms with Crippen LogP contribution in [-0.4, -0.2) is 30.6 Å². The Hall–Kier alpha value is -2.05. The molecule has 0 unspecified atom stereocenters. The van der Waals surface area contributed by atoms with Crippen molar-refractivity contribution >= 4 is 39.9 Å². The Bertz CT molecular complexity index is 911. The molecular formula is C21H23ClN2O3S. The van der Waals surface area contributed by atoms with E-state index in [2.05, 4.69) is 5.32 Å². The van der Waals surface area contributed by atoms with Gasteiger partial charge in [0.25, 0.3) is 0 Å². The number of hydrogen-bond donors (Lipinski definition) is 1. The fourth-order valence-corrected chi connectivity index (χ4v) is 5.75. The van der Waals surface area contributed by atoms with E-state index >= 15 is 0 Å². The smallest absolute Gasteiger partial charge is 0.341 e. The highest BCUT2D eigenvalue weighted by Crippen LogP contribution is 2.40. The first-order valence-electron chi connectivity index (χ1n) is 9.65. The number of carbonyl (C=O) groups is 2. The average molecular weight is 419 g/mol. The molecule has 1 N–H and O–H groups in total. The summed E-state index contributed by atoms with van der Waals surface area (Å²) in [5.74, 6) is -0.376. The van der Waals surface area contributed by atoms with E-state index in [1.54, 1.807) is 0 Å². The van der Waals surface area contributed by atoms with Gasteiger partial charge in [-0.05, 0) is 55.7 Å². The number of esters is 1. The highest BCUT2D eigenvalue weighted by molar-refractivity contribution is 7.17. The monoisotopic (exact) mass is 418 g/mol. The summed E-state index contributed by atoms with van der Waals surface area (Å²) in [6.45, 7) is 0.667. The summed E-state index contributed by atoms with van der Waals surface area (Å²) in [4.78, 5) is 28.5. The first-order chi connectivity index (χ1) is 13.6. The lowest BCUT2D eigenvalue weighted by Gasteiger charge is -2.26. The zero-order chi connectivity index (χ0) is 19.7. The van der Waals surface area contributed by atoms with Gasteiger partial charge < -0.3 is 9.64 Å². The number of halogens is 1. The molecule has 4 rings (SSSR count). The molecule has 1 atom stereocenters. The fourth-order valence-electron chi connectivity index (χ4n) is 4.22. The van der Waals surface area contributed by atoms with Crippen LogP contribution in [0.2, 0.25) is 5.02 Å². The molecule has 1 fully saturated rings. The summed E-state index contributed by atoms with van der Waals surface area (Å²) in [7, 11) is 1.38. The van der Waals surface area contributed by atoms with Crippen LogP contribution < -0.4 is 5.32 Å². The molecule has 2 aliphatic rings. The Morgan fingerprint density at radius 2 is 2.00 bits per heavy atom. The number of aryl methyl sites for hydroxylation is 1. The average Bonchev–Trinajstić information content (AvgIpc) is 3.32. The molecule has 2 amide bonds. The van der Waals surface area contributed by atoms with E-state index in [0.29, 0.717) is 22.1 Å². The van der Waals surface area contributed by atoms with Gasteiger partial charge in [0.1, 0.15) is 5.00 Å². The van der Waals surface area contributed by atoms with Gasteiger partial charge in [-0.2, -0.15) is 0 Å². The van der Waals surface area contributed by atoms with Crippen LogP contribution in [0.15, 0.2) is 24.3 Å². The van der Waals surface area contributed by atoms with Gasteiger partial charge in [-0.1, -0.05) is 29.8 Å². The van der Waals surface area contributed by atoms with Crippen LogP contribution in [0.25, 0.3) is 0 Å². The Kier molecular flexibility index (Phi) is 5.60. The standard InChI is InChI=1S/C21H23ClN2O3S/c1-27-20(25)18-14-8-3-5-11-17(14)28-19(18)23-21(26)24-12-6-10-16(24)13-7-2-4-9-15(13)22/h2,4,7,9,16H,3,5-6,8,10-12H2,1H3,(H,23,26)/t16-/m1/s1. The van der Waals surface area contributed by atoms with Gasteiger partial charge in [0.15, 0.2) is 0 Å². The van der Waals surface area contributed by atoms with Crippen LogP contribution in [-0.2, 0) is 17.6 Å². The van der Waals surface area contributed by atoms with Gasteiger partial charge in [0, 0.05) is 16.4 Å². The zero-order valence-electron chi connectivity index (χ0n) is 15.8. The predicted molar refractivity (Wildman–Crippen MR) is 111 cm³/mol. The van der Waals surface area contributed by atoms with E-state index < -0.39 is 0 Å². The van der Waals surface area contributed by atoms with Crippen LogP contribution in [0, 0.1) is 0 Å². The van der Waals surface area contributed by atoms with Crippen molar-refractivity contribution in [3.05, 3.63) is 50.9 Å². The lowest BCUT2D eigenvalue weighted by atomic mass is 9.95. The summed E-state index contributed by atoms with van der Waals surface area (Å²) in [5, 5.41) is 4.29. The highest BCUT2D eigenvalue weighted by atomic mass is 35.5. The Balaban J connectivity index is 1.61. The quantitative estimate of drug-likeness (QED) is 0.675. The fraction of sp³-hybridized carbons (Fsp3) is 0.429. The summed E-state index contributed by atoms with van der Waals surface area (Å²) in [5.41, 5.74) is 2.54. The summed E-state index contributed by atoms with van der Waals surface area (Å²) < 4.78 is 5.00. The van der Waals surface area contributed by atoms with Crippen molar-refractivity contribution < 1.29 is 14.3 Å². The maximum atomic E-state index is 13.1. The van der Waals surface area contributed by atoms with Gasteiger partial charge in [0.05, 0.1) is 18.7 Å². The number of amides is 2. The van der Waals surface area contributed by atoms with Crippen LogP contribution in [0.1, 0.15) is 58.1 Å². The van der Waals surface area contributed by atoms with E-state index in [-0.39, 0.29) is 18.0 Å². The SMILES string of the molecule is COC(=O)c1c(NC(=O)N2CCC[C@@H]2c2ccccc2Cl)sc2c1CCCC2. The van der Waals surface area contributed by atoms with Crippen LogP contribution >= 0.6 is 22.9 Å². The molecule has 28 heavy (non-hydrogen) atoms. The highest BCUT2D eigenvalue weighted by Gasteiger charge is 2.33. The largest absolute Gasteiger partial charge is 0.465 e. The Morgan fingerprint density at radius 3 is 2.79 bits per heavy atom. The zero-order valence-corrected chi connectivity index (χ0v) is 17.4. The molecule has 2 heterocycles. The van der Waals surface area contributed by atoms with Crippen LogP contribution in [0.4, 0.5) is 9.80 Å². The number of methoxy groups -OCH3 is 1. The van der Waals surface area contributed by atoms with Crippen molar-refractivity contribution in [1.29, 1.82) is 0 Å². The maximum Gasteiger partial charge on any atom is 0.341 e. The van der Waals surface area contributed by atoms with Crippen molar-refractivity contribution in [1.82, 2.24) is 4.90 Å². The molecule has 0 radical (unpaired) electrons. The number of rotatable bonds is 3. The summed E-state index contributed by atoms with van der Waals surface area (Å²) in [6, 6.07) is 7.43. The minimum absolute atomic E-state index is 0.0511. The normalized spacial score (nSPS) is 18.6. The molecule has 0 saturated carbocycles. The van der Waals surface area contributed by atoms with E-state index in [4.69, 9.17) is 16.3 Å². The number of benzene rings is 1. The molecule has 148 valence electrons. The third-order valence-corrected chi connectivity index (χ3v) is 7.11. The van der Waals surface area contributed by atoms with Gasteiger partial charge >= 0.3 is 12.0 Å². The predicted octanol–water partition coefficient (Wildman–Crippen LogP) is 5.44. The van der Waals surface area contributed by atoms with Gasteiger partial charge in [-0.25, -0.2) is 9.59 Å². The molecular weight excluding hydrogens is 396 g/mol. The van der Waals surface area contributed by atoms with Crippen molar-refractivity contribution in [2.24, 2.45) is 0 Å². The third-order valence-electron chi connectivity index (χ3n) is 5.56. The van der Waals surface area contributed by atoms with Crippen LogP contribution in [0.3, 0.4) is 0 Å². The molecule has 2 aromatic rings. The van der Waals surface area contributed by atoms with E-state index in [1.165, 1.54) is 23.3 Å². The molecule has 1 aromatic heterocycles. The van der Waals surface area contributed by atoms with E-state index in [1.807, 2.05) is 29.2 Å². The molecule has 1 aliphatic heterocycles. The first-order valence-corrected chi connectivity index (χ1v) is 10.8. The van der Waals surface area contributed by atoms with Crippen molar-refractivity contribution in [2.45, 2.75) is 44.6 Å². The molecule has 0 spiro atoms. The number of carbonyl (C=O) groups excluding carboxylic acids is 2. The number of nitrogens with zero attached hydrogens (tertiary/aromatic N) is 1. The maximum absolute atomic E-state index is 13.1. The van der Waals surface area contributed by atoms with E-state index in [0.717, 1.165) is 49.7 Å². The number of ether oxygens (including phenoxy) is 1. The molecule has 0 bridgehead atoms. The number of thiophene rings is 1.